The van der Waals surface area contributed by atoms with Gasteiger partial charge in [-0.15, -0.1) is 0 Å². The van der Waals surface area contributed by atoms with Gasteiger partial charge in [-0.3, -0.25) is 0 Å². The van der Waals surface area contributed by atoms with E-state index in [0.29, 0.717) is 6.04 Å². The molecule has 0 aliphatic carbocycles. The van der Waals surface area contributed by atoms with Crippen LogP contribution in [0.1, 0.15) is 25.8 Å². The molecule has 2 heteroatoms. The van der Waals surface area contributed by atoms with Crippen LogP contribution in [0.4, 0.5) is 4.39 Å². The van der Waals surface area contributed by atoms with Crippen molar-refractivity contribution in [1.82, 2.24) is 5.32 Å². The number of hydrogen-bond acceptors (Lipinski definition) is 1. The largest absolute Gasteiger partial charge is 0.314 e. The van der Waals surface area contributed by atoms with Crippen molar-refractivity contribution in [2.24, 2.45) is 0 Å². The molecule has 0 saturated heterocycles. The third-order valence-corrected chi connectivity index (χ3v) is 2.49. The van der Waals surface area contributed by atoms with Crippen molar-refractivity contribution in [2.45, 2.75) is 32.7 Å². The quantitative estimate of drug-likeness (QED) is 0.574. The van der Waals surface area contributed by atoms with E-state index in [-0.39, 0.29) is 5.82 Å². The average Bonchev–Trinajstić information content (AvgIpc) is 2.28. The Labute approximate surface area is 97.4 Å². The predicted octanol–water partition coefficient (Wildman–Crippen LogP) is 3.31. The third-order valence-electron chi connectivity index (χ3n) is 2.49. The fourth-order valence-corrected chi connectivity index (χ4v) is 1.63. The SMILES string of the molecule is C/C=C/CCNC(C)Cc1ccc(F)cc1. The molecule has 88 valence electrons. The number of halogens is 1. The molecule has 0 fully saturated rings. The highest BCUT2D eigenvalue weighted by atomic mass is 19.1. The summed E-state index contributed by atoms with van der Waals surface area (Å²) in [5.74, 6) is -0.169. The lowest BCUT2D eigenvalue weighted by Crippen LogP contribution is -2.28. The van der Waals surface area contributed by atoms with E-state index in [1.54, 1.807) is 0 Å². The maximum Gasteiger partial charge on any atom is 0.123 e. The number of hydrogen-bond donors (Lipinski definition) is 1. The molecule has 0 saturated carbocycles. The number of nitrogens with one attached hydrogen (secondary N) is 1. The van der Waals surface area contributed by atoms with E-state index in [2.05, 4.69) is 24.4 Å². The van der Waals surface area contributed by atoms with E-state index in [9.17, 15) is 4.39 Å². The molecule has 0 bridgehead atoms. The Balaban J connectivity index is 2.28. The van der Waals surface area contributed by atoms with E-state index in [0.717, 1.165) is 19.4 Å². The van der Waals surface area contributed by atoms with Crippen molar-refractivity contribution in [1.29, 1.82) is 0 Å². The summed E-state index contributed by atoms with van der Waals surface area (Å²) in [5.41, 5.74) is 1.17. The standard InChI is InChI=1S/C14H20FN/c1-3-4-5-10-16-12(2)11-13-6-8-14(15)9-7-13/h3-4,6-9,12,16H,5,10-11H2,1-2H3/b4-3+. The Hall–Kier alpha value is -1.15. The highest BCUT2D eigenvalue weighted by Crippen LogP contribution is 2.05. The maximum atomic E-state index is 12.7. The third kappa shape index (κ3) is 5.08. The summed E-state index contributed by atoms with van der Waals surface area (Å²) >= 11 is 0. The monoisotopic (exact) mass is 221 g/mol. The molecule has 1 aromatic carbocycles. The van der Waals surface area contributed by atoms with E-state index in [4.69, 9.17) is 0 Å². The van der Waals surface area contributed by atoms with Gasteiger partial charge in [-0.05, 0) is 50.9 Å². The van der Waals surface area contributed by atoms with Crippen molar-refractivity contribution in [3.8, 4) is 0 Å². The fourth-order valence-electron chi connectivity index (χ4n) is 1.63. The second kappa shape index (κ2) is 7.18. The molecule has 1 rings (SSSR count). The minimum atomic E-state index is -0.169. The minimum Gasteiger partial charge on any atom is -0.314 e. The molecular formula is C14H20FN. The van der Waals surface area contributed by atoms with Crippen molar-refractivity contribution >= 4 is 0 Å². The summed E-state index contributed by atoms with van der Waals surface area (Å²) in [6.45, 7) is 5.17. The first-order chi connectivity index (χ1) is 7.72. The number of allylic oxidation sites excluding steroid dienone is 1. The molecule has 16 heavy (non-hydrogen) atoms. The van der Waals surface area contributed by atoms with Crippen LogP contribution < -0.4 is 5.32 Å². The molecule has 0 amide bonds. The summed E-state index contributed by atoms with van der Waals surface area (Å²) in [6.07, 6.45) is 6.21. The zero-order valence-electron chi connectivity index (χ0n) is 10.0. The van der Waals surface area contributed by atoms with Crippen LogP contribution in [0.15, 0.2) is 36.4 Å². The Morgan fingerprint density at radius 1 is 1.31 bits per heavy atom. The van der Waals surface area contributed by atoms with Crippen LogP contribution in [-0.2, 0) is 6.42 Å². The second-order valence-corrected chi connectivity index (χ2v) is 4.04. The van der Waals surface area contributed by atoms with Gasteiger partial charge in [0.05, 0.1) is 0 Å². The summed E-state index contributed by atoms with van der Waals surface area (Å²) in [5, 5.41) is 3.44. The Bertz CT molecular complexity index is 316. The first-order valence-corrected chi connectivity index (χ1v) is 5.81. The number of rotatable bonds is 6. The summed E-state index contributed by atoms with van der Waals surface area (Å²) in [4.78, 5) is 0. The van der Waals surface area contributed by atoms with Gasteiger partial charge in [-0.1, -0.05) is 24.3 Å². The smallest absolute Gasteiger partial charge is 0.123 e. The van der Waals surface area contributed by atoms with Gasteiger partial charge in [0.2, 0.25) is 0 Å². The highest BCUT2D eigenvalue weighted by Gasteiger charge is 2.02. The molecule has 1 atom stereocenters. The first kappa shape index (κ1) is 12.9. The molecule has 0 aliphatic rings. The maximum absolute atomic E-state index is 12.7. The van der Waals surface area contributed by atoms with Crippen molar-refractivity contribution in [3.63, 3.8) is 0 Å². The van der Waals surface area contributed by atoms with Crippen LogP contribution in [0.25, 0.3) is 0 Å². The van der Waals surface area contributed by atoms with E-state index < -0.39 is 0 Å². The Morgan fingerprint density at radius 2 is 2.00 bits per heavy atom. The molecule has 1 aromatic rings. The molecule has 0 spiro atoms. The second-order valence-electron chi connectivity index (χ2n) is 4.04. The van der Waals surface area contributed by atoms with Gasteiger partial charge in [-0.2, -0.15) is 0 Å². The topological polar surface area (TPSA) is 12.0 Å². The molecule has 1 unspecified atom stereocenters. The van der Waals surface area contributed by atoms with E-state index in [1.165, 1.54) is 17.7 Å². The molecule has 0 radical (unpaired) electrons. The van der Waals surface area contributed by atoms with Crippen LogP contribution in [0.3, 0.4) is 0 Å². The summed E-state index contributed by atoms with van der Waals surface area (Å²) < 4.78 is 12.7. The van der Waals surface area contributed by atoms with Crippen LogP contribution in [0, 0.1) is 5.82 Å². The number of benzene rings is 1. The highest BCUT2D eigenvalue weighted by molar-refractivity contribution is 5.16. The van der Waals surface area contributed by atoms with Crippen molar-refractivity contribution in [2.75, 3.05) is 6.54 Å². The zero-order chi connectivity index (χ0) is 11.8. The van der Waals surface area contributed by atoms with Gasteiger partial charge in [-0.25, -0.2) is 4.39 Å². The average molecular weight is 221 g/mol. The van der Waals surface area contributed by atoms with E-state index >= 15 is 0 Å². The lowest BCUT2D eigenvalue weighted by Gasteiger charge is -2.13. The van der Waals surface area contributed by atoms with Crippen molar-refractivity contribution < 1.29 is 4.39 Å². The zero-order valence-corrected chi connectivity index (χ0v) is 10.0. The van der Waals surface area contributed by atoms with Crippen LogP contribution in [-0.4, -0.2) is 12.6 Å². The van der Waals surface area contributed by atoms with Crippen LogP contribution in [0.2, 0.25) is 0 Å². The molecule has 1 N–H and O–H groups in total. The van der Waals surface area contributed by atoms with Gasteiger partial charge in [0.15, 0.2) is 0 Å². The van der Waals surface area contributed by atoms with Gasteiger partial charge < -0.3 is 5.32 Å². The molecule has 1 nitrogen and oxygen atoms in total. The van der Waals surface area contributed by atoms with Gasteiger partial charge in [0.25, 0.3) is 0 Å². The summed E-state index contributed by atoms with van der Waals surface area (Å²) in [7, 11) is 0. The lowest BCUT2D eigenvalue weighted by molar-refractivity contribution is 0.550. The normalized spacial score (nSPS) is 13.2. The first-order valence-electron chi connectivity index (χ1n) is 5.81. The van der Waals surface area contributed by atoms with Gasteiger partial charge >= 0.3 is 0 Å². The molecular weight excluding hydrogens is 201 g/mol. The van der Waals surface area contributed by atoms with E-state index in [1.807, 2.05) is 19.1 Å². The molecule has 0 aliphatic heterocycles. The Kier molecular flexibility index (Phi) is 5.79. The van der Waals surface area contributed by atoms with Gasteiger partial charge in [0, 0.05) is 6.04 Å². The fraction of sp³-hybridized carbons (Fsp3) is 0.429. The minimum absolute atomic E-state index is 0.169. The predicted molar refractivity (Wildman–Crippen MR) is 67.0 cm³/mol. The lowest BCUT2D eigenvalue weighted by atomic mass is 10.1. The summed E-state index contributed by atoms with van der Waals surface area (Å²) in [6, 6.07) is 7.15. The van der Waals surface area contributed by atoms with Crippen molar-refractivity contribution in [3.05, 3.63) is 47.8 Å². The van der Waals surface area contributed by atoms with Crippen LogP contribution >= 0.6 is 0 Å². The Morgan fingerprint density at radius 3 is 2.62 bits per heavy atom. The molecule has 0 heterocycles. The molecule has 0 aromatic heterocycles. The van der Waals surface area contributed by atoms with Gasteiger partial charge in [0.1, 0.15) is 5.82 Å². The van der Waals surface area contributed by atoms with Crippen LogP contribution in [0.5, 0.6) is 0 Å².